The highest BCUT2D eigenvalue weighted by Crippen LogP contribution is 2.49. The molecule has 2 unspecified atom stereocenters. The quantitative estimate of drug-likeness (QED) is 0.0709. The van der Waals surface area contributed by atoms with Crippen LogP contribution >= 0.6 is 67.8 Å². The molecule has 0 radical (unpaired) electrons. The topological polar surface area (TPSA) is 207 Å². The number of benzene rings is 2. The molecule has 2 atom stereocenters. The fraction of sp³-hybridized carbons (Fsp3) is 0.267. The van der Waals surface area contributed by atoms with Crippen LogP contribution in [0.4, 0.5) is 11.4 Å². The van der Waals surface area contributed by atoms with E-state index in [0.29, 0.717) is 28.2 Å². The van der Waals surface area contributed by atoms with Crippen LogP contribution in [-0.2, 0) is 46.0 Å². The number of fused-ring (bicyclic) bond motifs is 2. The zero-order chi connectivity index (χ0) is 36.7. The standard InChI is InChI=1S/C30H29I3N2O11S3/c1-29(15-25(36)37)23(35(18-49(44,45)46)22-14-20(31)27(32)28(33)26(22)29)12-6-4-3-5-7-13-24-30(2,16-47(38,39)40)19-10-8-9-11-21(19)34(24)17-48(41,42)43/h3-14H,15-18H2,1-2H3,(H3-,36,37,38,39,40,41,42,43,44,45,46)/p+1. The lowest BCUT2D eigenvalue weighted by Gasteiger charge is -2.28. The Kier molecular flexibility index (Phi) is 12.0. The predicted molar refractivity (Wildman–Crippen MR) is 210 cm³/mol. The first kappa shape index (κ1) is 40.0. The Labute approximate surface area is 325 Å². The summed E-state index contributed by atoms with van der Waals surface area (Å²) in [5.74, 6) is -3.54. The van der Waals surface area contributed by atoms with Crippen molar-refractivity contribution < 1.29 is 53.4 Å². The largest absolute Gasteiger partial charge is 0.481 e. The van der Waals surface area contributed by atoms with E-state index in [1.165, 1.54) is 28.6 Å². The molecule has 0 saturated carbocycles. The molecular weight excluding hydrogens is 1040 g/mol. The lowest BCUT2D eigenvalue weighted by Crippen LogP contribution is -2.36. The second-order valence-electron chi connectivity index (χ2n) is 11.7. The summed E-state index contributed by atoms with van der Waals surface area (Å²) in [6.07, 6.45) is 10.4. The van der Waals surface area contributed by atoms with Gasteiger partial charge in [0, 0.05) is 34.2 Å². The average Bonchev–Trinajstić information content (AvgIpc) is 3.28. The van der Waals surface area contributed by atoms with E-state index in [-0.39, 0.29) is 12.1 Å². The Bertz CT molecular complexity index is 2210. The van der Waals surface area contributed by atoms with Gasteiger partial charge in [-0.2, -0.15) is 29.8 Å². The number of para-hydroxylation sites is 1. The fourth-order valence-corrected chi connectivity index (χ4v) is 11.2. The third kappa shape index (κ3) is 9.02. The van der Waals surface area contributed by atoms with E-state index in [1.807, 2.05) is 0 Å². The van der Waals surface area contributed by atoms with Gasteiger partial charge in [0.25, 0.3) is 26.1 Å². The first-order chi connectivity index (χ1) is 22.5. The second-order valence-corrected chi connectivity index (χ2v) is 19.3. The summed E-state index contributed by atoms with van der Waals surface area (Å²) in [6.45, 7) is 3.24. The van der Waals surface area contributed by atoms with Crippen molar-refractivity contribution in [2.75, 3.05) is 22.4 Å². The van der Waals surface area contributed by atoms with Gasteiger partial charge in [0.1, 0.15) is 0 Å². The number of halogens is 3. The highest BCUT2D eigenvalue weighted by Gasteiger charge is 2.52. The monoisotopic (exact) mass is 1070 g/mol. The van der Waals surface area contributed by atoms with Gasteiger partial charge in [0.2, 0.25) is 5.69 Å². The molecule has 13 nitrogen and oxygen atoms in total. The van der Waals surface area contributed by atoms with Crippen LogP contribution in [-0.4, -0.2) is 77.8 Å². The summed E-state index contributed by atoms with van der Waals surface area (Å²) in [6, 6.07) is 8.20. The molecule has 2 aliphatic heterocycles. The minimum atomic E-state index is -4.56. The Morgan fingerprint density at radius 3 is 2.06 bits per heavy atom. The summed E-state index contributed by atoms with van der Waals surface area (Å²) in [4.78, 5) is 13.3. The van der Waals surface area contributed by atoms with Gasteiger partial charge in [-0.1, -0.05) is 48.6 Å². The van der Waals surface area contributed by atoms with Crippen LogP contribution in [0.5, 0.6) is 0 Å². The number of nitrogens with zero attached hydrogens (tertiary/aromatic N) is 2. The molecule has 0 aliphatic carbocycles. The molecule has 0 spiro atoms. The van der Waals surface area contributed by atoms with Crippen molar-refractivity contribution in [2.24, 2.45) is 0 Å². The number of carboxylic acids is 1. The predicted octanol–water partition coefficient (Wildman–Crippen LogP) is 5.24. The van der Waals surface area contributed by atoms with Crippen molar-refractivity contribution in [3.8, 4) is 0 Å². The zero-order valence-corrected chi connectivity index (χ0v) is 34.6. The molecule has 264 valence electrons. The van der Waals surface area contributed by atoms with Gasteiger partial charge in [-0.25, -0.2) is 0 Å². The minimum absolute atomic E-state index is 0.188. The molecule has 0 bridgehead atoms. The maximum Gasteiger partial charge on any atom is 0.326 e. The highest BCUT2D eigenvalue weighted by molar-refractivity contribution is 14.1. The van der Waals surface area contributed by atoms with Crippen LogP contribution < -0.4 is 4.90 Å². The number of hydrogen-bond acceptors (Lipinski definition) is 8. The van der Waals surface area contributed by atoms with Gasteiger partial charge in [0.15, 0.2) is 11.6 Å². The number of allylic oxidation sites excluding steroid dienone is 8. The maximum absolute atomic E-state index is 12.1. The molecule has 2 heterocycles. The number of aliphatic carboxylic acids is 1. The Morgan fingerprint density at radius 2 is 1.47 bits per heavy atom. The summed E-state index contributed by atoms with van der Waals surface area (Å²) in [5.41, 5.74) is -0.159. The van der Waals surface area contributed by atoms with Gasteiger partial charge >= 0.3 is 16.1 Å². The van der Waals surface area contributed by atoms with Gasteiger partial charge in [0.05, 0.1) is 28.6 Å². The normalized spacial score (nSPS) is 22.3. The molecule has 0 aromatic heterocycles. The SMILES string of the molecule is CC1(CC(=O)O)C(/C=C/C=C/C=C/C=C2\N(CS(=O)(=O)O)c3ccccc3C2(C)CS(=O)(=O)O)=[N+](CS(=O)(=O)O)c2cc(I)c(I)c(I)c21. The molecule has 2 aromatic rings. The van der Waals surface area contributed by atoms with Gasteiger partial charge in [-0.3, -0.25) is 18.5 Å². The summed E-state index contributed by atoms with van der Waals surface area (Å²) in [5, 5.41) is 9.86. The van der Waals surface area contributed by atoms with E-state index in [9.17, 15) is 48.8 Å². The van der Waals surface area contributed by atoms with E-state index in [2.05, 4.69) is 67.8 Å². The van der Waals surface area contributed by atoms with E-state index < -0.39 is 64.7 Å². The average molecular weight is 1070 g/mol. The number of anilines is 1. The molecule has 2 aliphatic rings. The second kappa shape index (κ2) is 14.7. The summed E-state index contributed by atoms with van der Waals surface area (Å²) >= 11 is 6.36. The van der Waals surface area contributed by atoms with Gasteiger partial charge in [-0.15, -0.1) is 0 Å². The Balaban J connectivity index is 1.74. The third-order valence-electron chi connectivity index (χ3n) is 8.00. The number of carboxylic acid groups (broad SMARTS) is 1. The molecular formula is C30H30I3N2O11S3+. The maximum atomic E-state index is 12.1. The van der Waals surface area contributed by atoms with Crippen molar-refractivity contribution in [3.05, 3.63) is 100 Å². The van der Waals surface area contributed by atoms with E-state index in [0.717, 1.165) is 10.7 Å². The van der Waals surface area contributed by atoms with Crippen molar-refractivity contribution in [2.45, 2.75) is 31.1 Å². The van der Waals surface area contributed by atoms with Crippen LogP contribution in [0.3, 0.4) is 0 Å². The van der Waals surface area contributed by atoms with Crippen molar-refractivity contribution >= 4 is 121 Å². The van der Waals surface area contributed by atoms with Gasteiger partial charge in [-0.05, 0) is 99.3 Å². The third-order valence-corrected chi connectivity index (χ3v) is 15.2. The molecule has 4 N–H and O–H groups in total. The first-order valence-corrected chi connectivity index (χ1v) is 22.0. The van der Waals surface area contributed by atoms with Crippen molar-refractivity contribution in [1.29, 1.82) is 0 Å². The van der Waals surface area contributed by atoms with E-state index >= 15 is 0 Å². The molecule has 19 heteroatoms. The number of hydrogen-bond donors (Lipinski definition) is 4. The first-order valence-electron chi connectivity index (χ1n) is 14.0. The zero-order valence-electron chi connectivity index (χ0n) is 25.7. The van der Waals surface area contributed by atoms with Crippen LogP contribution in [0.25, 0.3) is 0 Å². The van der Waals surface area contributed by atoms with Crippen molar-refractivity contribution in [3.63, 3.8) is 0 Å². The minimum Gasteiger partial charge on any atom is -0.481 e. The fourth-order valence-electron chi connectivity index (χ4n) is 6.25. The Morgan fingerprint density at radius 1 is 0.857 bits per heavy atom. The smallest absolute Gasteiger partial charge is 0.326 e. The molecule has 0 amide bonds. The van der Waals surface area contributed by atoms with Crippen LogP contribution in [0.15, 0.2) is 78.6 Å². The molecule has 49 heavy (non-hydrogen) atoms. The van der Waals surface area contributed by atoms with E-state index in [1.54, 1.807) is 67.6 Å². The number of carbonyl (C=O) groups is 1. The van der Waals surface area contributed by atoms with E-state index in [4.69, 9.17) is 0 Å². The van der Waals surface area contributed by atoms with Crippen LogP contribution in [0.2, 0.25) is 0 Å². The summed E-state index contributed by atoms with van der Waals surface area (Å²) in [7, 11) is -13.6. The van der Waals surface area contributed by atoms with Gasteiger partial charge < -0.3 is 10.0 Å². The summed E-state index contributed by atoms with van der Waals surface area (Å²) < 4.78 is 105. The Hall–Kier alpha value is -1.74. The lowest BCUT2D eigenvalue weighted by molar-refractivity contribution is -0.416. The van der Waals surface area contributed by atoms with Crippen molar-refractivity contribution in [1.82, 2.24) is 0 Å². The highest BCUT2D eigenvalue weighted by atomic mass is 127. The molecule has 4 rings (SSSR count). The lowest BCUT2D eigenvalue weighted by atomic mass is 9.76. The van der Waals surface area contributed by atoms with Crippen LogP contribution in [0.1, 0.15) is 31.4 Å². The number of rotatable bonds is 12. The van der Waals surface area contributed by atoms with Crippen LogP contribution in [0, 0.1) is 10.7 Å². The molecule has 2 aromatic carbocycles. The molecule has 0 saturated heterocycles. The molecule has 0 fully saturated rings.